The number of benzene rings is 1. The first-order valence-corrected chi connectivity index (χ1v) is 4.72. The van der Waals surface area contributed by atoms with Crippen molar-refractivity contribution in [2.24, 2.45) is 0 Å². The SMILES string of the molecule is [S-]c1nnc(-c2cccc(Br)c2)o1. The molecule has 1 heterocycles. The van der Waals surface area contributed by atoms with E-state index in [-0.39, 0.29) is 5.22 Å². The monoisotopic (exact) mass is 255 g/mol. The van der Waals surface area contributed by atoms with Gasteiger partial charge in [-0.2, -0.15) is 0 Å². The first-order chi connectivity index (χ1) is 6.25. The van der Waals surface area contributed by atoms with Crippen LogP contribution in [0.2, 0.25) is 0 Å². The van der Waals surface area contributed by atoms with E-state index in [2.05, 4.69) is 26.1 Å². The second-order valence-corrected chi connectivity index (χ2v) is 3.65. The molecule has 0 N–H and O–H groups in total. The van der Waals surface area contributed by atoms with Crippen molar-refractivity contribution in [1.29, 1.82) is 0 Å². The molecule has 0 aliphatic heterocycles. The molecule has 0 fully saturated rings. The summed E-state index contributed by atoms with van der Waals surface area (Å²) in [4.78, 5) is 0. The van der Waals surface area contributed by atoms with Crippen LogP contribution in [0.1, 0.15) is 0 Å². The predicted molar refractivity (Wildman–Crippen MR) is 53.1 cm³/mol. The molecule has 1 aromatic carbocycles. The largest absolute Gasteiger partial charge is 0.719 e. The van der Waals surface area contributed by atoms with Crippen molar-refractivity contribution in [2.75, 3.05) is 0 Å². The molecule has 0 unspecified atom stereocenters. The van der Waals surface area contributed by atoms with Gasteiger partial charge in [-0.15, -0.1) is 10.2 Å². The molecule has 3 nitrogen and oxygen atoms in total. The zero-order chi connectivity index (χ0) is 9.26. The Labute approximate surface area is 88.7 Å². The van der Waals surface area contributed by atoms with E-state index in [4.69, 9.17) is 17.0 Å². The average Bonchev–Trinajstić information content (AvgIpc) is 2.52. The van der Waals surface area contributed by atoms with Gasteiger partial charge in [-0.3, -0.25) is 0 Å². The summed E-state index contributed by atoms with van der Waals surface area (Å²) in [5.41, 5.74) is 0.859. The lowest BCUT2D eigenvalue weighted by molar-refractivity contribution is 0.467. The highest BCUT2D eigenvalue weighted by molar-refractivity contribution is 9.10. The molecule has 0 radical (unpaired) electrons. The molecule has 0 amide bonds. The Balaban J connectivity index is 2.46. The number of rotatable bonds is 1. The van der Waals surface area contributed by atoms with Crippen LogP contribution in [0.3, 0.4) is 0 Å². The zero-order valence-electron chi connectivity index (χ0n) is 6.40. The van der Waals surface area contributed by atoms with Crippen LogP contribution in [0.5, 0.6) is 0 Å². The summed E-state index contributed by atoms with van der Waals surface area (Å²) in [6, 6.07) is 7.59. The van der Waals surface area contributed by atoms with E-state index in [0.717, 1.165) is 10.0 Å². The van der Waals surface area contributed by atoms with Gasteiger partial charge >= 0.3 is 0 Å². The lowest BCUT2D eigenvalue weighted by atomic mass is 10.2. The molecule has 0 spiro atoms. The average molecular weight is 256 g/mol. The Kier molecular flexibility index (Phi) is 2.28. The Morgan fingerprint density at radius 2 is 2.15 bits per heavy atom. The van der Waals surface area contributed by atoms with Crippen LogP contribution >= 0.6 is 15.9 Å². The molecule has 2 rings (SSSR count). The van der Waals surface area contributed by atoms with Gasteiger partial charge in [-0.05, 0) is 18.2 Å². The van der Waals surface area contributed by atoms with E-state index in [9.17, 15) is 0 Å². The summed E-state index contributed by atoms with van der Waals surface area (Å²) >= 11 is 8.06. The molecule has 0 saturated carbocycles. The minimum absolute atomic E-state index is 0.162. The second-order valence-electron chi connectivity index (χ2n) is 2.38. The van der Waals surface area contributed by atoms with Crippen LogP contribution < -0.4 is 0 Å². The summed E-state index contributed by atoms with van der Waals surface area (Å²) in [5.74, 6) is 0.450. The van der Waals surface area contributed by atoms with Crippen molar-refractivity contribution in [3.05, 3.63) is 28.7 Å². The summed E-state index contributed by atoms with van der Waals surface area (Å²) in [6.07, 6.45) is 0. The molecule has 2 aromatic rings. The molecule has 0 saturated heterocycles. The fourth-order valence-electron chi connectivity index (χ4n) is 0.948. The van der Waals surface area contributed by atoms with Crippen LogP contribution in [0.4, 0.5) is 0 Å². The van der Waals surface area contributed by atoms with E-state index in [1.165, 1.54) is 0 Å². The van der Waals surface area contributed by atoms with Gasteiger partial charge in [0.05, 0.1) is 5.22 Å². The third-order valence-corrected chi connectivity index (χ3v) is 2.14. The predicted octanol–water partition coefficient (Wildman–Crippen LogP) is 2.40. The third-order valence-electron chi connectivity index (χ3n) is 1.48. The molecule has 0 aliphatic carbocycles. The van der Waals surface area contributed by atoms with Crippen molar-refractivity contribution in [2.45, 2.75) is 5.22 Å². The molecule has 13 heavy (non-hydrogen) atoms. The van der Waals surface area contributed by atoms with Crippen LogP contribution in [0.25, 0.3) is 11.5 Å². The molecule has 1 aromatic heterocycles. The third kappa shape index (κ3) is 1.87. The van der Waals surface area contributed by atoms with Gasteiger partial charge in [0.15, 0.2) is 0 Å². The van der Waals surface area contributed by atoms with E-state index in [1.807, 2.05) is 24.3 Å². The van der Waals surface area contributed by atoms with E-state index >= 15 is 0 Å². The highest BCUT2D eigenvalue weighted by Gasteiger charge is 2.02. The Hall–Kier alpha value is -0.940. The quantitative estimate of drug-likeness (QED) is 0.734. The van der Waals surface area contributed by atoms with E-state index < -0.39 is 0 Å². The topological polar surface area (TPSA) is 38.9 Å². The van der Waals surface area contributed by atoms with Crippen molar-refractivity contribution < 1.29 is 4.42 Å². The Morgan fingerprint density at radius 3 is 2.77 bits per heavy atom. The normalized spacial score (nSPS) is 10.2. The van der Waals surface area contributed by atoms with E-state index in [1.54, 1.807) is 0 Å². The van der Waals surface area contributed by atoms with Gasteiger partial charge in [0.1, 0.15) is 0 Å². The van der Waals surface area contributed by atoms with Crippen LogP contribution in [0.15, 0.2) is 38.4 Å². The summed E-state index contributed by atoms with van der Waals surface area (Å²) in [7, 11) is 0. The first kappa shape index (κ1) is 8.65. The molecule has 5 heteroatoms. The minimum atomic E-state index is 0.162. The summed E-state index contributed by atoms with van der Waals surface area (Å²) in [5, 5.41) is 7.55. The molecule has 0 atom stereocenters. The van der Waals surface area contributed by atoms with Gasteiger partial charge in [-0.25, -0.2) is 0 Å². The molecular formula is C8H4BrN2OS-. The fourth-order valence-corrected chi connectivity index (χ4v) is 1.47. The van der Waals surface area contributed by atoms with Crippen molar-refractivity contribution in [3.63, 3.8) is 0 Å². The Morgan fingerprint density at radius 1 is 1.31 bits per heavy atom. The van der Waals surface area contributed by atoms with Crippen LogP contribution in [-0.4, -0.2) is 10.2 Å². The summed E-state index contributed by atoms with van der Waals surface area (Å²) in [6.45, 7) is 0. The number of aromatic nitrogens is 2. The maximum absolute atomic E-state index is 5.10. The van der Waals surface area contributed by atoms with Crippen molar-refractivity contribution >= 4 is 28.6 Å². The van der Waals surface area contributed by atoms with E-state index in [0.29, 0.717) is 5.89 Å². The van der Waals surface area contributed by atoms with Gasteiger partial charge in [0.25, 0.3) is 0 Å². The highest BCUT2D eigenvalue weighted by atomic mass is 79.9. The van der Waals surface area contributed by atoms with Gasteiger partial charge in [0, 0.05) is 10.0 Å². The van der Waals surface area contributed by atoms with Gasteiger partial charge < -0.3 is 17.0 Å². The smallest absolute Gasteiger partial charge is 0.245 e. The second kappa shape index (κ2) is 3.43. The number of nitrogens with zero attached hydrogens (tertiary/aromatic N) is 2. The van der Waals surface area contributed by atoms with Crippen LogP contribution in [-0.2, 0) is 12.6 Å². The number of halogens is 1. The molecular weight excluding hydrogens is 252 g/mol. The standard InChI is InChI=1S/C8H5BrN2OS/c9-6-3-1-2-5(4-6)7-10-11-8(13)12-7/h1-4H,(H,11,13)/p-1. The molecule has 0 aliphatic rings. The zero-order valence-corrected chi connectivity index (χ0v) is 8.80. The maximum Gasteiger partial charge on any atom is 0.245 e. The first-order valence-electron chi connectivity index (χ1n) is 3.52. The van der Waals surface area contributed by atoms with Gasteiger partial charge in [0.2, 0.25) is 5.89 Å². The lowest BCUT2D eigenvalue weighted by Crippen LogP contribution is -1.76. The lowest BCUT2D eigenvalue weighted by Gasteiger charge is -1.95. The molecule has 66 valence electrons. The van der Waals surface area contributed by atoms with Crippen molar-refractivity contribution in [3.8, 4) is 11.5 Å². The summed E-state index contributed by atoms with van der Waals surface area (Å²) < 4.78 is 6.06. The Bertz CT molecular complexity index is 430. The fraction of sp³-hybridized carbons (Fsp3) is 0. The van der Waals surface area contributed by atoms with Crippen LogP contribution in [0, 0.1) is 0 Å². The maximum atomic E-state index is 5.10. The number of hydrogen-bond acceptors (Lipinski definition) is 4. The van der Waals surface area contributed by atoms with Crippen molar-refractivity contribution in [1.82, 2.24) is 10.2 Å². The molecule has 0 bridgehead atoms. The number of hydrogen-bond donors (Lipinski definition) is 0. The highest BCUT2D eigenvalue weighted by Crippen LogP contribution is 2.21. The minimum Gasteiger partial charge on any atom is -0.719 e. The van der Waals surface area contributed by atoms with Gasteiger partial charge in [-0.1, -0.05) is 22.0 Å².